The normalized spacial score (nSPS) is 10.0. The van der Waals surface area contributed by atoms with Crippen LogP contribution in [0.4, 0.5) is 5.82 Å². The lowest BCUT2D eigenvalue weighted by Crippen LogP contribution is -2.14. The Morgan fingerprint density at radius 1 is 1.18 bits per heavy atom. The number of halogens is 2. The molecule has 0 saturated heterocycles. The van der Waals surface area contributed by atoms with E-state index in [-0.39, 0.29) is 10.8 Å². The summed E-state index contributed by atoms with van der Waals surface area (Å²) in [6, 6.07) is 8.10. The summed E-state index contributed by atoms with van der Waals surface area (Å²) in [7, 11) is 0. The van der Waals surface area contributed by atoms with E-state index in [0.717, 1.165) is 0 Å². The van der Waals surface area contributed by atoms with Gasteiger partial charge in [0.15, 0.2) is 5.82 Å². The van der Waals surface area contributed by atoms with Gasteiger partial charge in [0.05, 0.1) is 5.02 Å². The van der Waals surface area contributed by atoms with E-state index in [9.17, 15) is 4.79 Å². The first kappa shape index (κ1) is 11.8. The molecule has 0 saturated carbocycles. The number of nitrogens with zero attached hydrogens (tertiary/aromatic N) is 2. The quantitative estimate of drug-likeness (QED) is 0.851. The van der Waals surface area contributed by atoms with Crippen molar-refractivity contribution in [3.8, 4) is 0 Å². The molecule has 2 rings (SSSR count). The van der Waals surface area contributed by atoms with E-state index in [2.05, 4.69) is 15.3 Å². The lowest BCUT2D eigenvalue weighted by Gasteiger charge is -2.05. The molecule has 0 aliphatic heterocycles. The van der Waals surface area contributed by atoms with Gasteiger partial charge in [-0.1, -0.05) is 29.3 Å². The zero-order chi connectivity index (χ0) is 12.3. The Morgan fingerprint density at radius 3 is 2.71 bits per heavy atom. The van der Waals surface area contributed by atoms with Crippen molar-refractivity contribution in [2.75, 3.05) is 5.32 Å². The van der Waals surface area contributed by atoms with Crippen LogP contribution < -0.4 is 5.32 Å². The van der Waals surface area contributed by atoms with Crippen molar-refractivity contribution in [1.29, 1.82) is 0 Å². The molecule has 0 spiro atoms. The van der Waals surface area contributed by atoms with E-state index in [0.29, 0.717) is 10.8 Å². The van der Waals surface area contributed by atoms with Crippen molar-refractivity contribution in [2.45, 2.75) is 0 Å². The van der Waals surface area contributed by atoms with Gasteiger partial charge >= 0.3 is 0 Å². The Labute approximate surface area is 108 Å². The highest BCUT2D eigenvalue weighted by Crippen LogP contribution is 2.18. The number of nitrogens with one attached hydrogen (secondary N) is 1. The second-order valence-corrected chi connectivity index (χ2v) is 3.93. The number of carbonyl (C=O) groups is 1. The number of amides is 1. The first-order chi connectivity index (χ1) is 8.16. The zero-order valence-corrected chi connectivity index (χ0v) is 10.0. The number of hydrogen-bond acceptors (Lipinski definition) is 3. The van der Waals surface area contributed by atoms with Crippen LogP contribution in [0.2, 0.25) is 10.2 Å². The first-order valence-electron chi connectivity index (χ1n) is 4.71. The molecule has 0 radical (unpaired) electrons. The number of pyridine rings is 2. The highest BCUT2D eigenvalue weighted by Gasteiger charge is 2.10. The van der Waals surface area contributed by atoms with Gasteiger partial charge in [0.1, 0.15) is 10.8 Å². The Bertz CT molecular complexity index is 560. The topological polar surface area (TPSA) is 54.9 Å². The number of carbonyl (C=O) groups excluding carboxylic acids is 1. The van der Waals surface area contributed by atoms with Gasteiger partial charge in [0, 0.05) is 6.20 Å². The molecule has 0 aliphatic rings. The van der Waals surface area contributed by atoms with Crippen LogP contribution >= 0.6 is 23.2 Å². The third-order valence-electron chi connectivity index (χ3n) is 1.94. The average molecular weight is 268 g/mol. The van der Waals surface area contributed by atoms with E-state index >= 15 is 0 Å². The summed E-state index contributed by atoms with van der Waals surface area (Å²) in [5.74, 6) is -0.117. The first-order valence-corrected chi connectivity index (χ1v) is 5.47. The predicted octanol–water partition coefficient (Wildman–Crippen LogP) is 3.04. The fourth-order valence-electron chi connectivity index (χ4n) is 1.18. The van der Waals surface area contributed by atoms with E-state index in [1.807, 2.05) is 0 Å². The van der Waals surface area contributed by atoms with Crippen molar-refractivity contribution in [1.82, 2.24) is 9.97 Å². The fraction of sp³-hybridized carbons (Fsp3) is 0. The molecule has 4 nitrogen and oxygen atoms in total. The molecule has 0 fully saturated rings. The van der Waals surface area contributed by atoms with E-state index in [4.69, 9.17) is 23.2 Å². The van der Waals surface area contributed by atoms with Crippen molar-refractivity contribution < 1.29 is 4.79 Å². The monoisotopic (exact) mass is 267 g/mol. The Morgan fingerprint density at radius 2 is 2.00 bits per heavy atom. The van der Waals surface area contributed by atoms with Crippen LogP contribution in [0.3, 0.4) is 0 Å². The second-order valence-electron chi connectivity index (χ2n) is 3.13. The third kappa shape index (κ3) is 2.93. The molecule has 0 aliphatic carbocycles. The lowest BCUT2D eigenvalue weighted by molar-refractivity contribution is 0.102. The molecule has 2 aromatic rings. The number of hydrogen-bond donors (Lipinski definition) is 1. The molecule has 0 atom stereocenters. The van der Waals surface area contributed by atoms with Gasteiger partial charge in [-0.3, -0.25) is 4.79 Å². The van der Waals surface area contributed by atoms with Gasteiger partial charge in [-0.25, -0.2) is 9.97 Å². The summed E-state index contributed by atoms with van der Waals surface area (Å²) in [5, 5.41) is 3.17. The maximum atomic E-state index is 11.8. The molecule has 0 bridgehead atoms. The molecule has 6 heteroatoms. The van der Waals surface area contributed by atoms with Crippen molar-refractivity contribution in [2.24, 2.45) is 0 Å². The van der Waals surface area contributed by atoms with Gasteiger partial charge in [-0.2, -0.15) is 0 Å². The van der Waals surface area contributed by atoms with Gasteiger partial charge in [0.25, 0.3) is 5.91 Å². The highest BCUT2D eigenvalue weighted by molar-refractivity contribution is 6.33. The van der Waals surface area contributed by atoms with Crippen molar-refractivity contribution in [3.05, 3.63) is 52.4 Å². The van der Waals surface area contributed by atoms with Gasteiger partial charge in [0.2, 0.25) is 0 Å². The molecule has 0 unspecified atom stereocenters. The maximum absolute atomic E-state index is 11.8. The molecule has 0 aromatic carbocycles. The molecule has 17 heavy (non-hydrogen) atoms. The van der Waals surface area contributed by atoms with Crippen molar-refractivity contribution >= 4 is 34.9 Å². The molecule has 2 aromatic heterocycles. The molecule has 1 N–H and O–H groups in total. The van der Waals surface area contributed by atoms with Crippen LogP contribution in [0, 0.1) is 0 Å². The maximum Gasteiger partial charge on any atom is 0.275 e. The minimum Gasteiger partial charge on any atom is -0.304 e. The van der Waals surface area contributed by atoms with Gasteiger partial charge in [-0.15, -0.1) is 0 Å². The largest absolute Gasteiger partial charge is 0.304 e. The van der Waals surface area contributed by atoms with Crippen LogP contribution in [0.5, 0.6) is 0 Å². The van der Waals surface area contributed by atoms with Gasteiger partial charge in [-0.05, 0) is 24.3 Å². The average Bonchev–Trinajstić information content (AvgIpc) is 2.32. The lowest BCUT2D eigenvalue weighted by atomic mass is 10.3. The summed E-state index contributed by atoms with van der Waals surface area (Å²) in [5.41, 5.74) is 0.208. The van der Waals surface area contributed by atoms with E-state index < -0.39 is 5.91 Å². The minimum absolute atomic E-state index is 0.208. The molecule has 86 valence electrons. The fourth-order valence-corrected chi connectivity index (χ4v) is 1.52. The van der Waals surface area contributed by atoms with E-state index in [1.165, 1.54) is 6.20 Å². The van der Waals surface area contributed by atoms with Crippen molar-refractivity contribution in [3.63, 3.8) is 0 Å². The van der Waals surface area contributed by atoms with Crippen LogP contribution in [0.15, 0.2) is 36.5 Å². The molecular formula is C11H7Cl2N3O. The van der Waals surface area contributed by atoms with Crippen LogP contribution in [0.1, 0.15) is 10.5 Å². The summed E-state index contributed by atoms with van der Waals surface area (Å²) in [4.78, 5) is 19.6. The second kappa shape index (κ2) is 5.12. The number of anilines is 1. The highest BCUT2D eigenvalue weighted by atomic mass is 35.5. The third-order valence-corrected chi connectivity index (χ3v) is 2.45. The summed E-state index contributed by atoms with van der Waals surface area (Å²) >= 11 is 11.6. The number of rotatable bonds is 2. The van der Waals surface area contributed by atoms with Gasteiger partial charge < -0.3 is 5.32 Å². The summed E-state index contributed by atoms with van der Waals surface area (Å²) in [6.07, 6.45) is 1.53. The summed E-state index contributed by atoms with van der Waals surface area (Å²) < 4.78 is 0. The molecule has 2 heterocycles. The SMILES string of the molecule is O=C(Nc1ncccc1Cl)c1cccc(Cl)n1. The smallest absolute Gasteiger partial charge is 0.275 e. The van der Waals surface area contributed by atoms with E-state index in [1.54, 1.807) is 30.3 Å². The molecule has 1 amide bonds. The predicted molar refractivity (Wildman–Crippen MR) is 66.4 cm³/mol. The van der Waals surface area contributed by atoms with Crippen LogP contribution in [-0.2, 0) is 0 Å². The molecular weight excluding hydrogens is 261 g/mol. The Balaban J connectivity index is 2.20. The van der Waals surface area contributed by atoms with Crippen LogP contribution in [-0.4, -0.2) is 15.9 Å². The minimum atomic E-state index is -0.409. The standard InChI is InChI=1S/C11H7Cl2N3O/c12-7-3-2-6-14-10(7)16-11(17)8-4-1-5-9(13)15-8/h1-6H,(H,14,16,17). The zero-order valence-electron chi connectivity index (χ0n) is 8.52. The number of aromatic nitrogens is 2. The Kier molecular flexibility index (Phi) is 3.56. The van der Waals surface area contributed by atoms with Crippen LogP contribution in [0.25, 0.3) is 0 Å². The summed E-state index contributed by atoms with van der Waals surface area (Å²) in [6.45, 7) is 0. The Hall–Kier alpha value is -1.65.